The molecule has 2 aliphatic rings. The van der Waals surface area contributed by atoms with Crippen LogP contribution in [0, 0.1) is 0 Å². The van der Waals surface area contributed by atoms with E-state index < -0.39 is 0 Å². The second-order valence-corrected chi connectivity index (χ2v) is 5.49. The lowest BCUT2D eigenvalue weighted by atomic mass is 10.2. The maximum absolute atomic E-state index is 6.02. The average molecular weight is 257 g/mol. The molecule has 0 unspecified atom stereocenters. The highest BCUT2D eigenvalue weighted by Crippen LogP contribution is 2.27. The number of nitrogens with zero attached hydrogens (tertiary/aromatic N) is 1. The van der Waals surface area contributed by atoms with Gasteiger partial charge in [-0.05, 0) is 24.1 Å². The number of benzene rings is 1. The number of piperazine rings is 1. The molecule has 2 atom stereocenters. The Labute approximate surface area is 106 Å². The molecule has 2 fully saturated rings. The van der Waals surface area contributed by atoms with Crippen LogP contribution in [0.25, 0.3) is 0 Å². The fourth-order valence-corrected chi connectivity index (χ4v) is 3.03. The molecule has 4 heteroatoms. The first kappa shape index (κ1) is 10.8. The molecule has 2 bridgehead atoms. The molecule has 86 valence electrons. The van der Waals surface area contributed by atoms with E-state index in [0.29, 0.717) is 22.1 Å². The smallest absolute Gasteiger partial charge is 0.0595 e. The molecule has 3 rings (SSSR count). The van der Waals surface area contributed by atoms with Crippen molar-refractivity contribution >= 4 is 23.2 Å². The lowest BCUT2D eigenvalue weighted by molar-refractivity contribution is 0.218. The van der Waals surface area contributed by atoms with Crippen LogP contribution >= 0.6 is 23.2 Å². The molecule has 0 radical (unpaired) electrons. The first-order valence-electron chi connectivity index (χ1n) is 5.64. The molecule has 1 aromatic rings. The van der Waals surface area contributed by atoms with Crippen LogP contribution in [0.15, 0.2) is 18.2 Å². The Morgan fingerprint density at radius 2 is 2.19 bits per heavy atom. The van der Waals surface area contributed by atoms with E-state index >= 15 is 0 Å². The molecule has 0 saturated carbocycles. The molecular formula is C12H14Cl2N2. The summed E-state index contributed by atoms with van der Waals surface area (Å²) in [5.74, 6) is 0. The largest absolute Gasteiger partial charge is 0.311 e. The molecule has 2 saturated heterocycles. The first-order chi connectivity index (χ1) is 7.72. The van der Waals surface area contributed by atoms with Gasteiger partial charge in [0.25, 0.3) is 0 Å². The van der Waals surface area contributed by atoms with Gasteiger partial charge in [-0.25, -0.2) is 0 Å². The van der Waals surface area contributed by atoms with Gasteiger partial charge in [0.05, 0.1) is 10.0 Å². The first-order valence-corrected chi connectivity index (χ1v) is 6.39. The molecule has 0 aromatic heterocycles. The van der Waals surface area contributed by atoms with E-state index in [1.54, 1.807) is 0 Å². The van der Waals surface area contributed by atoms with Crippen LogP contribution in [-0.4, -0.2) is 30.1 Å². The number of hydrogen-bond acceptors (Lipinski definition) is 2. The highest BCUT2D eigenvalue weighted by molar-refractivity contribution is 6.42. The third-order valence-electron chi connectivity index (χ3n) is 3.54. The molecule has 0 aliphatic carbocycles. The molecule has 2 aliphatic heterocycles. The Morgan fingerprint density at radius 3 is 2.81 bits per heavy atom. The van der Waals surface area contributed by atoms with Crippen LogP contribution in [0.1, 0.15) is 12.0 Å². The van der Waals surface area contributed by atoms with Gasteiger partial charge >= 0.3 is 0 Å². The van der Waals surface area contributed by atoms with Crippen molar-refractivity contribution in [3.63, 3.8) is 0 Å². The van der Waals surface area contributed by atoms with Gasteiger partial charge in [-0.3, -0.25) is 4.90 Å². The quantitative estimate of drug-likeness (QED) is 0.875. The Morgan fingerprint density at radius 1 is 1.31 bits per heavy atom. The monoisotopic (exact) mass is 256 g/mol. The number of rotatable bonds is 2. The zero-order valence-electron chi connectivity index (χ0n) is 8.92. The summed E-state index contributed by atoms with van der Waals surface area (Å²) in [5, 5.41) is 4.79. The van der Waals surface area contributed by atoms with Crippen LogP contribution in [-0.2, 0) is 6.54 Å². The molecule has 0 amide bonds. The Hall–Kier alpha value is -0.280. The summed E-state index contributed by atoms with van der Waals surface area (Å²) in [6.45, 7) is 3.27. The molecule has 1 N–H and O–H groups in total. The van der Waals surface area contributed by atoms with Crippen molar-refractivity contribution in [1.29, 1.82) is 0 Å². The second kappa shape index (κ2) is 4.19. The number of halogens is 2. The van der Waals surface area contributed by atoms with Crippen molar-refractivity contribution in [2.45, 2.75) is 25.0 Å². The molecule has 16 heavy (non-hydrogen) atoms. The third kappa shape index (κ3) is 1.95. The van der Waals surface area contributed by atoms with Crippen LogP contribution in [0.5, 0.6) is 0 Å². The fraction of sp³-hybridized carbons (Fsp3) is 0.500. The molecule has 2 nitrogen and oxygen atoms in total. The van der Waals surface area contributed by atoms with Gasteiger partial charge in [-0.2, -0.15) is 0 Å². The van der Waals surface area contributed by atoms with Gasteiger partial charge in [0, 0.05) is 31.7 Å². The number of nitrogens with one attached hydrogen (secondary N) is 1. The van der Waals surface area contributed by atoms with Gasteiger partial charge in [-0.15, -0.1) is 0 Å². The van der Waals surface area contributed by atoms with Crippen molar-refractivity contribution in [3.05, 3.63) is 33.8 Å². The summed E-state index contributed by atoms with van der Waals surface area (Å²) >= 11 is 11.9. The van der Waals surface area contributed by atoms with Crippen molar-refractivity contribution in [1.82, 2.24) is 10.2 Å². The van der Waals surface area contributed by atoms with Gasteiger partial charge in [0.15, 0.2) is 0 Å². The minimum absolute atomic E-state index is 0.634. The lowest BCUT2D eigenvalue weighted by Gasteiger charge is -2.27. The topological polar surface area (TPSA) is 15.3 Å². The normalized spacial score (nSPS) is 28.9. The maximum atomic E-state index is 6.02. The highest BCUT2D eigenvalue weighted by Gasteiger charge is 2.37. The summed E-state index contributed by atoms with van der Waals surface area (Å²) in [6, 6.07) is 7.33. The van der Waals surface area contributed by atoms with Crippen molar-refractivity contribution in [2.75, 3.05) is 13.1 Å². The standard InChI is InChI=1S/C12H14Cl2N2/c13-11-2-1-8(3-12(11)14)6-16-7-9-4-10(16)5-15-9/h1-3,9-10,15H,4-7H2/t9-,10-/m0/s1. The molecule has 2 heterocycles. The van der Waals surface area contributed by atoms with Crippen molar-refractivity contribution in [2.24, 2.45) is 0 Å². The summed E-state index contributed by atoms with van der Waals surface area (Å²) in [4.78, 5) is 2.53. The van der Waals surface area contributed by atoms with E-state index in [4.69, 9.17) is 23.2 Å². The lowest BCUT2D eigenvalue weighted by Crippen LogP contribution is -2.42. The van der Waals surface area contributed by atoms with Gasteiger partial charge in [0.1, 0.15) is 0 Å². The van der Waals surface area contributed by atoms with Crippen molar-refractivity contribution in [3.8, 4) is 0 Å². The number of hydrogen-bond donors (Lipinski definition) is 1. The second-order valence-electron chi connectivity index (χ2n) is 4.67. The van der Waals surface area contributed by atoms with E-state index in [2.05, 4.69) is 16.3 Å². The van der Waals surface area contributed by atoms with E-state index in [-0.39, 0.29) is 0 Å². The predicted octanol–water partition coefficient (Wildman–Crippen LogP) is 2.54. The Balaban J connectivity index is 1.72. The van der Waals surface area contributed by atoms with Crippen LogP contribution in [0.4, 0.5) is 0 Å². The van der Waals surface area contributed by atoms with Gasteiger partial charge in [0.2, 0.25) is 0 Å². The van der Waals surface area contributed by atoms with Gasteiger partial charge in [-0.1, -0.05) is 29.3 Å². The molecule has 0 spiro atoms. The van der Waals surface area contributed by atoms with Gasteiger partial charge < -0.3 is 5.32 Å². The molecule has 1 aromatic carbocycles. The fourth-order valence-electron chi connectivity index (χ4n) is 2.71. The Bertz CT molecular complexity index is 408. The summed E-state index contributed by atoms with van der Waals surface area (Å²) in [5.41, 5.74) is 1.25. The van der Waals surface area contributed by atoms with E-state index in [1.165, 1.54) is 12.0 Å². The highest BCUT2D eigenvalue weighted by atomic mass is 35.5. The summed E-state index contributed by atoms with van der Waals surface area (Å²) in [7, 11) is 0. The molecular weight excluding hydrogens is 243 g/mol. The summed E-state index contributed by atoms with van der Waals surface area (Å²) in [6.07, 6.45) is 1.29. The summed E-state index contributed by atoms with van der Waals surface area (Å²) < 4.78 is 0. The van der Waals surface area contributed by atoms with E-state index in [9.17, 15) is 0 Å². The third-order valence-corrected chi connectivity index (χ3v) is 4.28. The van der Waals surface area contributed by atoms with E-state index in [0.717, 1.165) is 19.6 Å². The number of fused-ring (bicyclic) bond motifs is 2. The van der Waals surface area contributed by atoms with Crippen molar-refractivity contribution < 1.29 is 0 Å². The maximum Gasteiger partial charge on any atom is 0.0595 e. The number of likely N-dealkylation sites (tertiary alicyclic amines) is 1. The minimum Gasteiger partial charge on any atom is -0.311 e. The van der Waals surface area contributed by atoms with Crippen LogP contribution < -0.4 is 5.32 Å². The van der Waals surface area contributed by atoms with E-state index in [1.807, 2.05) is 12.1 Å². The Kier molecular flexibility index (Phi) is 2.84. The zero-order valence-corrected chi connectivity index (χ0v) is 10.4. The minimum atomic E-state index is 0.634. The van der Waals surface area contributed by atoms with Crippen LogP contribution in [0.3, 0.4) is 0 Å². The zero-order chi connectivity index (χ0) is 11.1. The predicted molar refractivity (Wildman–Crippen MR) is 67.1 cm³/mol. The van der Waals surface area contributed by atoms with Crippen LogP contribution in [0.2, 0.25) is 10.0 Å². The average Bonchev–Trinajstić information content (AvgIpc) is 2.85. The SMILES string of the molecule is Clc1ccc(CN2C[C@@H]3C[C@H]2CN3)cc1Cl.